The predicted octanol–water partition coefficient (Wildman–Crippen LogP) is 1.59. The van der Waals surface area contributed by atoms with Crippen LogP contribution in [0.25, 0.3) is 0 Å². The van der Waals surface area contributed by atoms with E-state index in [0.29, 0.717) is 0 Å². The molecule has 0 aromatic heterocycles. The molecule has 0 aliphatic heterocycles. The lowest BCUT2D eigenvalue weighted by atomic mass is 10.6. The lowest BCUT2D eigenvalue weighted by Crippen LogP contribution is -1.85. The Morgan fingerprint density at radius 3 is 2.29 bits per heavy atom. The van der Waals surface area contributed by atoms with Crippen LogP contribution in [-0.2, 0) is 4.57 Å². The molecule has 0 rings (SSSR count). The molecule has 1 radical (unpaired) electrons. The third-order valence-electron chi connectivity index (χ3n) is 0.505. The van der Waals surface area contributed by atoms with Crippen LogP contribution in [0.15, 0.2) is 0 Å². The summed E-state index contributed by atoms with van der Waals surface area (Å²) in [4.78, 5) is 0. The minimum absolute atomic E-state index is 0.0986. The zero-order valence-electron chi connectivity index (χ0n) is 3.79. The van der Waals surface area contributed by atoms with E-state index in [-0.39, 0.29) is 13.0 Å². The van der Waals surface area contributed by atoms with Gasteiger partial charge in [-0.25, -0.2) is 0 Å². The normalized spacial score (nSPS) is 10.7. The van der Waals surface area contributed by atoms with E-state index in [0.717, 1.165) is 12.6 Å². The second-order valence-electron chi connectivity index (χ2n) is 1.16. The van der Waals surface area contributed by atoms with Crippen LogP contribution >= 0.6 is 33.7 Å². The minimum atomic E-state index is -0.197. The average molecular weight is 155 g/mol. The fourth-order valence-corrected chi connectivity index (χ4v) is 1.34. The van der Waals surface area contributed by atoms with Gasteiger partial charge in [0.15, 0.2) is 0 Å². The Morgan fingerprint density at radius 1 is 1.57 bits per heavy atom. The first-order valence-corrected chi connectivity index (χ1v) is 4.13. The maximum atomic E-state index is 9.79. The summed E-state index contributed by atoms with van der Waals surface area (Å²) in [6.45, 7) is 0. The number of thiol groups is 2. The third kappa shape index (κ3) is 6.80. The maximum Gasteiger partial charge on any atom is 0.0581 e. The Balaban J connectivity index is 2.81. The monoisotopic (exact) mass is 155 g/mol. The van der Waals surface area contributed by atoms with Gasteiger partial charge in [-0.1, -0.05) is 0 Å². The van der Waals surface area contributed by atoms with Gasteiger partial charge in [0.25, 0.3) is 0 Å². The molecule has 1 unspecified atom stereocenters. The molecule has 0 aliphatic carbocycles. The quantitative estimate of drug-likeness (QED) is 0.359. The minimum Gasteiger partial charge on any atom is -0.291 e. The zero-order valence-corrected chi connectivity index (χ0v) is 6.58. The molecular weight excluding hydrogens is 147 g/mol. The van der Waals surface area contributed by atoms with E-state index in [1.807, 2.05) is 0 Å². The van der Waals surface area contributed by atoms with Gasteiger partial charge >= 0.3 is 0 Å². The molecule has 4 heteroatoms. The third-order valence-corrected chi connectivity index (χ3v) is 1.51. The second-order valence-corrected chi connectivity index (χ2v) is 3.61. The van der Waals surface area contributed by atoms with Crippen molar-refractivity contribution in [3.8, 4) is 0 Å². The van der Waals surface area contributed by atoms with Gasteiger partial charge in [0.05, 0.1) is 8.46 Å². The van der Waals surface area contributed by atoms with E-state index in [2.05, 4.69) is 25.3 Å². The van der Waals surface area contributed by atoms with Crippen LogP contribution in [-0.4, -0.2) is 10.7 Å². The fourth-order valence-electron chi connectivity index (χ4n) is 0.188. The highest BCUT2D eigenvalue weighted by molar-refractivity contribution is 7.99. The Bertz CT molecular complexity index is 56.9. The summed E-state index contributed by atoms with van der Waals surface area (Å²) in [7, 11) is -0.197. The fraction of sp³-hybridized carbons (Fsp3) is 1.00. The molecule has 0 aromatic carbocycles. The molecule has 0 fully saturated rings. The van der Waals surface area contributed by atoms with Crippen molar-refractivity contribution in [2.45, 2.75) is 11.0 Å². The topological polar surface area (TPSA) is 17.1 Å². The summed E-state index contributed by atoms with van der Waals surface area (Å²) >= 11 is 7.92. The summed E-state index contributed by atoms with van der Waals surface area (Å²) in [5.74, 6) is 0. The van der Waals surface area contributed by atoms with E-state index in [1.165, 1.54) is 0 Å². The molecule has 0 aromatic rings. The van der Waals surface area contributed by atoms with Crippen molar-refractivity contribution in [1.82, 2.24) is 0 Å². The van der Waals surface area contributed by atoms with E-state index in [1.54, 1.807) is 0 Å². The lowest BCUT2D eigenvalue weighted by Gasteiger charge is -1.93. The Kier molecular flexibility index (Phi) is 5.51. The van der Waals surface area contributed by atoms with Gasteiger partial charge in [-0.15, -0.1) is 0 Å². The maximum absolute atomic E-state index is 9.79. The van der Waals surface area contributed by atoms with Crippen LogP contribution in [0.4, 0.5) is 0 Å². The summed E-state index contributed by atoms with van der Waals surface area (Å²) in [6, 6.07) is 0. The van der Waals surface area contributed by atoms with Crippen LogP contribution in [0.1, 0.15) is 6.42 Å². The van der Waals surface area contributed by atoms with Crippen molar-refractivity contribution in [2.75, 3.05) is 6.16 Å². The smallest absolute Gasteiger partial charge is 0.0581 e. The summed E-state index contributed by atoms with van der Waals surface area (Å²) < 4.78 is 9.89. The van der Waals surface area contributed by atoms with Crippen LogP contribution in [0, 0.1) is 0 Å². The average Bonchev–Trinajstić information content (AvgIpc) is 1.61. The van der Waals surface area contributed by atoms with Gasteiger partial charge < -0.3 is 0 Å². The molecule has 0 heterocycles. The SMILES string of the molecule is O=[PH]CCC(S)S. The molecular formula is C3H8OPS2. The second kappa shape index (κ2) is 4.95. The zero-order chi connectivity index (χ0) is 5.70. The molecule has 0 saturated heterocycles. The first-order valence-electron chi connectivity index (χ1n) is 1.98. The largest absolute Gasteiger partial charge is 0.291 e. The van der Waals surface area contributed by atoms with E-state index in [9.17, 15) is 4.57 Å². The highest BCUT2D eigenvalue weighted by atomic mass is 32.2. The molecule has 0 bridgehead atoms. The number of rotatable bonds is 3. The van der Waals surface area contributed by atoms with Crippen molar-refractivity contribution in [3.05, 3.63) is 0 Å². The van der Waals surface area contributed by atoms with Gasteiger partial charge in [0.1, 0.15) is 0 Å². The standard InChI is InChI=1S/C3H8OPS2/c4-5-2-1-3(6)7/h3,5-7H,1-2H2. The number of hydrogen-bond donors (Lipinski definition) is 2. The lowest BCUT2D eigenvalue weighted by molar-refractivity contribution is 0.598. The van der Waals surface area contributed by atoms with Crippen LogP contribution in [0.3, 0.4) is 0 Å². The highest BCUT2D eigenvalue weighted by Crippen LogP contribution is 2.08. The van der Waals surface area contributed by atoms with Crippen molar-refractivity contribution in [3.63, 3.8) is 0 Å². The molecule has 1 nitrogen and oxygen atoms in total. The van der Waals surface area contributed by atoms with Crippen molar-refractivity contribution < 1.29 is 4.57 Å². The van der Waals surface area contributed by atoms with Crippen molar-refractivity contribution >= 4 is 33.7 Å². The van der Waals surface area contributed by atoms with Gasteiger partial charge in [0.2, 0.25) is 0 Å². The Hall–Kier alpha value is 0.800. The Labute approximate surface area is 55.9 Å². The van der Waals surface area contributed by atoms with Gasteiger partial charge in [-0.3, -0.25) is 4.57 Å². The first-order chi connectivity index (χ1) is 3.27. The predicted molar refractivity (Wildman–Crippen MR) is 40.2 cm³/mol. The van der Waals surface area contributed by atoms with Crippen molar-refractivity contribution in [2.24, 2.45) is 0 Å². The van der Waals surface area contributed by atoms with Gasteiger partial charge in [-0.05, 0) is 6.42 Å². The molecule has 0 saturated carbocycles. The summed E-state index contributed by atoms with van der Waals surface area (Å²) in [6.07, 6.45) is 1.55. The van der Waals surface area contributed by atoms with Crippen LogP contribution in [0.2, 0.25) is 0 Å². The van der Waals surface area contributed by atoms with E-state index < -0.39 is 0 Å². The van der Waals surface area contributed by atoms with Crippen molar-refractivity contribution in [1.29, 1.82) is 0 Å². The molecule has 7 heavy (non-hydrogen) atoms. The van der Waals surface area contributed by atoms with Crippen LogP contribution < -0.4 is 0 Å². The molecule has 0 spiro atoms. The van der Waals surface area contributed by atoms with E-state index >= 15 is 0 Å². The Morgan fingerprint density at radius 2 is 2.14 bits per heavy atom. The van der Waals surface area contributed by atoms with Crippen LogP contribution in [0.5, 0.6) is 0 Å². The molecule has 43 valence electrons. The number of hydrogen-bond acceptors (Lipinski definition) is 3. The van der Waals surface area contributed by atoms with Gasteiger partial charge in [0, 0.05) is 10.7 Å². The summed E-state index contributed by atoms with van der Waals surface area (Å²) in [5, 5.41) is 0. The molecule has 0 aliphatic rings. The van der Waals surface area contributed by atoms with E-state index in [4.69, 9.17) is 0 Å². The summed E-state index contributed by atoms with van der Waals surface area (Å²) in [5.41, 5.74) is 0. The van der Waals surface area contributed by atoms with Gasteiger partial charge in [-0.2, -0.15) is 25.3 Å². The first kappa shape index (κ1) is 7.80. The molecule has 0 amide bonds. The molecule has 0 N–H and O–H groups in total. The highest BCUT2D eigenvalue weighted by Gasteiger charge is 1.90. The molecule has 1 atom stereocenters.